The lowest BCUT2D eigenvalue weighted by atomic mass is 9.96. The maximum absolute atomic E-state index is 6.10. The lowest BCUT2D eigenvalue weighted by Crippen LogP contribution is -2.20. The summed E-state index contributed by atoms with van der Waals surface area (Å²) in [5.74, 6) is 0.870. The van der Waals surface area contributed by atoms with Crippen molar-refractivity contribution >= 4 is 10.8 Å². The Labute approximate surface area is 169 Å². The summed E-state index contributed by atoms with van der Waals surface area (Å²) in [5.41, 5.74) is 4.37. The molecule has 0 aliphatic carbocycles. The van der Waals surface area contributed by atoms with Crippen molar-refractivity contribution in [3.05, 3.63) is 67.1 Å². The summed E-state index contributed by atoms with van der Waals surface area (Å²) in [6, 6.07) is 16.6. The Kier molecular flexibility index (Phi) is 4.74. The van der Waals surface area contributed by atoms with Crippen LogP contribution in [0, 0.1) is 0 Å². The average molecular weight is 385 g/mol. The third-order valence-electron chi connectivity index (χ3n) is 5.57. The van der Waals surface area contributed by atoms with Gasteiger partial charge in [0.05, 0.1) is 19.0 Å². The first kappa shape index (κ1) is 17.9. The van der Waals surface area contributed by atoms with Crippen molar-refractivity contribution < 1.29 is 9.47 Å². The Bertz CT molecular complexity index is 1130. The van der Waals surface area contributed by atoms with Crippen LogP contribution < -0.4 is 4.74 Å². The highest BCUT2D eigenvalue weighted by atomic mass is 16.5. The molecule has 1 fully saturated rings. The molecule has 1 aliphatic heterocycles. The second-order valence-electron chi connectivity index (χ2n) is 7.27. The minimum absolute atomic E-state index is 0.0461. The van der Waals surface area contributed by atoms with Gasteiger partial charge in [0, 0.05) is 35.5 Å². The molecule has 3 heterocycles. The van der Waals surface area contributed by atoms with Crippen molar-refractivity contribution in [2.45, 2.75) is 25.5 Å². The second-order valence-corrected chi connectivity index (χ2v) is 7.27. The average Bonchev–Trinajstić information content (AvgIpc) is 3.24. The van der Waals surface area contributed by atoms with Crippen molar-refractivity contribution in [1.29, 1.82) is 0 Å². The van der Waals surface area contributed by atoms with Gasteiger partial charge in [-0.2, -0.15) is 5.10 Å². The van der Waals surface area contributed by atoms with Gasteiger partial charge in [0.25, 0.3) is 0 Å². The Morgan fingerprint density at radius 2 is 1.79 bits per heavy atom. The van der Waals surface area contributed by atoms with Gasteiger partial charge in [-0.25, -0.2) is 4.68 Å². The van der Waals surface area contributed by atoms with Gasteiger partial charge in [-0.3, -0.25) is 4.98 Å². The molecular weight excluding hydrogens is 362 g/mol. The summed E-state index contributed by atoms with van der Waals surface area (Å²) in [6.45, 7) is 0.776. The summed E-state index contributed by atoms with van der Waals surface area (Å²) in [6.07, 6.45) is 8.77. The van der Waals surface area contributed by atoms with E-state index < -0.39 is 0 Å². The maximum Gasteiger partial charge on any atom is 0.150 e. The van der Waals surface area contributed by atoms with Crippen LogP contribution in [0.1, 0.15) is 25.5 Å². The molecule has 4 aromatic rings. The molecule has 2 aromatic carbocycles. The first-order chi connectivity index (χ1) is 14.4. The number of ether oxygens (including phenoxy) is 2. The summed E-state index contributed by atoms with van der Waals surface area (Å²) in [4.78, 5) is 4.17. The molecule has 0 spiro atoms. The predicted octanol–water partition coefficient (Wildman–Crippen LogP) is 5.47. The summed E-state index contributed by atoms with van der Waals surface area (Å²) in [5, 5.41) is 7.01. The van der Waals surface area contributed by atoms with Gasteiger partial charge in [-0.05, 0) is 54.5 Å². The minimum Gasteiger partial charge on any atom is -0.496 e. The van der Waals surface area contributed by atoms with Crippen molar-refractivity contribution in [1.82, 2.24) is 14.8 Å². The molecule has 0 bridgehead atoms. The van der Waals surface area contributed by atoms with E-state index in [1.807, 2.05) is 42.9 Å². The van der Waals surface area contributed by atoms with Crippen LogP contribution in [0.4, 0.5) is 0 Å². The Morgan fingerprint density at radius 1 is 0.966 bits per heavy atom. The number of hydrogen-bond acceptors (Lipinski definition) is 4. The largest absolute Gasteiger partial charge is 0.496 e. The Hall–Kier alpha value is -3.18. The summed E-state index contributed by atoms with van der Waals surface area (Å²) in [7, 11) is 1.71. The molecule has 2 aromatic heterocycles. The van der Waals surface area contributed by atoms with Crippen molar-refractivity contribution in [3.8, 4) is 28.1 Å². The standard InChI is InChI=1S/C24H23N3O2/c1-28-22-10-9-20(18-6-2-3-7-19(18)22)24-21(17-11-13-25-14-12-17)16-26-27(24)23-8-4-5-15-29-23/h2-3,6-7,9-14,16,23H,4-5,8,15H2,1H3. The fourth-order valence-corrected chi connectivity index (χ4v) is 4.16. The number of nitrogens with zero attached hydrogens (tertiary/aromatic N) is 3. The van der Waals surface area contributed by atoms with Crippen LogP contribution in [-0.2, 0) is 4.74 Å². The topological polar surface area (TPSA) is 49.2 Å². The van der Waals surface area contributed by atoms with Gasteiger partial charge < -0.3 is 9.47 Å². The molecule has 5 heteroatoms. The molecule has 0 N–H and O–H groups in total. The highest BCUT2D eigenvalue weighted by Crippen LogP contribution is 2.41. The van der Waals surface area contributed by atoms with E-state index in [9.17, 15) is 0 Å². The number of benzene rings is 2. The molecule has 29 heavy (non-hydrogen) atoms. The van der Waals surface area contributed by atoms with Gasteiger partial charge in [-0.1, -0.05) is 24.3 Å². The third-order valence-corrected chi connectivity index (χ3v) is 5.57. The van der Waals surface area contributed by atoms with Gasteiger partial charge in [0.1, 0.15) is 5.75 Å². The number of aromatic nitrogens is 3. The number of pyridine rings is 1. The zero-order valence-corrected chi connectivity index (χ0v) is 16.4. The fraction of sp³-hybridized carbons (Fsp3) is 0.250. The Balaban J connectivity index is 1.77. The Morgan fingerprint density at radius 3 is 2.55 bits per heavy atom. The quantitative estimate of drug-likeness (QED) is 0.467. The van der Waals surface area contributed by atoms with E-state index in [1.54, 1.807) is 7.11 Å². The van der Waals surface area contributed by atoms with E-state index >= 15 is 0 Å². The molecular formula is C24H23N3O2. The van der Waals surface area contributed by atoms with E-state index in [0.29, 0.717) is 0 Å². The number of fused-ring (bicyclic) bond motifs is 1. The van der Waals surface area contributed by atoms with Crippen LogP contribution >= 0.6 is 0 Å². The van der Waals surface area contributed by atoms with E-state index in [0.717, 1.165) is 64.8 Å². The summed E-state index contributed by atoms with van der Waals surface area (Å²) < 4.78 is 13.8. The van der Waals surface area contributed by atoms with E-state index in [4.69, 9.17) is 14.6 Å². The number of hydrogen-bond donors (Lipinski definition) is 0. The minimum atomic E-state index is -0.0461. The van der Waals surface area contributed by atoms with Crippen molar-refractivity contribution in [2.75, 3.05) is 13.7 Å². The SMILES string of the molecule is COc1ccc(-c2c(-c3ccncc3)cnn2C2CCCCO2)c2ccccc12. The predicted molar refractivity (Wildman–Crippen MR) is 114 cm³/mol. The van der Waals surface area contributed by atoms with Crippen molar-refractivity contribution in [2.24, 2.45) is 0 Å². The monoisotopic (exact) mass is 385 g/mol. The van der Waals surface area contributed by atoms with Crippen LogP contribution in [0.5, 0.6) is 5.75 Å². The normalized spacial score (nSPS) is 16.8. The van der Waals surface area contributed by atoms with Gasteiger partial charge in [0.2, 0.25) is 0 Å². The number of methoxy groups -OCH3 is 1. The molecule has 1 atom stereocenters. The van der Waals surface area contributed by atoms with Crippen molar-refractivity contribution in [3.63, 3.8) is 0 Å². The summed E-state index contributed by atoms with van der Waals surface area (Å²) >= 11 is 0. The molecule has 0 radical (unpaired) electrons. The van der Waals surface area contributed by atoms with E-state index in [2.05, 4.69) is 33.9 Å². The molecule has 146 valence electrons. The molecule has 5 rings (SSSR count). The molecule has 1 unspecified atom stereocenters. The first-order valence-corrected chi connectivity index (χ1v) is 10.0. The zero-order valence-electron chi connectivity index (χ0n) is 16.4. The highest BCUT2D eigenvalue weighted by molar-refractivity contribution is 6.02. The highest BCUT2D eigenvalue weighted by Gasteiger charge is 2.24. The lowest BCUT2D eigenvalue weighted by molar-refractivity contribution is -0.0383. The van der Waals surface area contributed by atoms with Crippen LogP contribution in [0.15, 0.2) is 67.1 Å². The molecule has 5 nitrogen and oxygen atoms in total. The molecule has 1 aliphatic rings. The maximum atomic E-state index is 6.10. The van der Waals surface area contributed by atoms with E-state index in [-0.39, 0.29) is 6.23 Å². The molecule has 0 saturated carbocycles. The smallest absolute Gasteiger partial charge is 0.150 e. The van der Waals surface area contributed by atoms with Crippen LogP contribution in [0.3, 0.4) is 0 Å². The van der Waals surface area contributed by atoms with E-state index in [1.165, 1.54) is 0 Å². The second kappa shape index (κ2) is 7.68. The van der Waals surface area contributed by atoms with Gasteiger partial charge in [-0.15, -0.1) is 0 Å². The van der Waals surface area contributed by atoms with Crippen LogP contribution in [0.2, 0.25) is 0 Å². The number of rotatable bonds is 4. The van der Waals surface area contributed by atoms with Crippen LogP contribution in [0.25, 0.3) is 33.2 Å². The third kappa shape index (κ3) is 3.17. The molecule has 1 saturated heterocycles. The fourth-order valence-electron chi connectivity index (χ4n) is 4.16. The lowest BCUT2D eigenvalue weighted by Gasteiger charge is -2.25. The first-order valence-electron chi connectivity index (χ1n) is 10.0. The zero-order chi connectivity index (χ0) is 19.6. The van der Waals surface area contributed by atoms with Gasteiger partial charge in [0.15, 0.2) is 6.23 Å². The molecule has 0 amide bonds. The van der Waals surface area contributed by atoms with Gasteiger partial charge >= 0.3 is 0 Å². The van der Waals surface area contributed by atoms with Crippen LogP contribution in [-0.4, -0.2) is 28.5 Å².